The van der Waals surface area contributed by atoms with Crippen LogP contribution in [0.25, 0.3) is 11.2 Å². The number of imidazole rings is 1. The molecule has 0 saturated carbocycles. The van der Waals surface area contributed by atoms with Crippen molar-refractivity contribution in [3.8, 4) is 0 Å². The smallest absolute Gasteiger partial charge is 0.284 e. The van der Waals surface area contributed by atoms with Gasteiger partial charge in [0.2, 0.25) is 12.2 Å². The van der Waals surface area contributed by atoms with Gasteiger partial charge < -0.3 is 20.8 Å². The van der Waals surface area contributed by atoms with Gasteiger partial charge in [0.1, 0.15) is 6.33 Å². The van der Waals surface area contributed by atoms with E-state index in [1.165, 1.54) is 13.4 Å². The van der Waals surface area contributed by atoms with Crippen molar-refractivity contribution in [3.05, 3.63) is 16.7 Å². The Morgan fingerprint density at radius 3 is 3.00 bits per heavy atom. The van der Waals surface area contributed by atoms with Gasteiger partial charge in [0, 0.05) is 20.1 Å². The average molecular weight is 255 g/mol. The lowest BCUT2D eigenvalue weighted by Gasteiger charge is -2.12. The molecule has 18 heavy (non-hydrogen) atoms. The summed E-state index contributed by atoms with van der Waals surface area (Å²) in [7, 11) is 1.46. The van der Waals surface area contributed by atoms with E-state index < -0.39 is 11.8 Å². The Kier molecular flexibility index (Phi) is 3.17. The minimum atomic E-state index is -1.24. The quantitative estimate of drug-likeness (QED) is 0.531. The number of aromatic nitrogens is 4. The van der Waals surface area contributed by atoms with E-state index >= 15 is 0 Å². The van der Waals surface area contributed by atoms with Crippen molar-refractivity contribution in [1.82, 2.24) is 19.3 Å². The predicted octanol–water partition coefficient (Wildman–Crippen LogP) is -2.16. The summed E-state index contributed by atoms with van der Waals surface area (Å²) >= 11 is 0. The molecule has 1 unspecified atom stereocenters. The third kappa shape index (κ3) is 2.00. The number of nitrogens with two attached hydrogens (primary N) is 1. The number of aliphatic hydroxyl groups excluding tert-OH is 2. The monoisotopic (exact) mass is 255 g/mol. The molecule has 2 aromatic rings. The number of nitrogen functional groups attached to an aromatic ring is 1. The maximum absolute atomic E-state index is 11.9. The first-order valence-electron chi connectivity index (χ1n) is 5.20. The van der Waals surface area contributed by atoms with E-state index in [9.17, 15) is 9.90 Å². The second-order valence-electron chi connectivity index (χ2n) is 3.65. The highest BCUT2D eigenvalue weighted by Crippen LogP contribution is 2.06. The van der Waals surface area contributed by atoms with E-state index in [1.807, 2.05) is 0 Å². The fourth-order valence-electron chi connectivity index (χ4n) is 1.42. The summed E-state index contributed by atoms with van der Waals surface area (Å²) in [5, 5.41) is 18.1. The van der Waals surface area contributed by atoms with Crippen LogP contribution in [-0.4, -0.2) is 42.4 Å². The molecule has 0 bridgehead atoms. The summed E-state index contributed by atoms with van der Waals surface area (Å²) in [6.45, 7) is -0.239. The van der Waals surface area contributed by atoms with Crippen molar-refractivity contribution in [2.24, 2.45) is 7.05 Å². The molecule has 0 aromatic carbocycles. The van der Waals surface area contributed by atoms with Crippen molar-refractivity contribution < 1.29 is 15.1 Å². The minimum Gasteiger partial charge on any atom is -0.396 e. The van der Waals surface area contributed by atoms with Crippen LogP contribution in [-0.2, 0) is 7.05 Å². The second-order valence-corrected chi connectivity index (χ2v) is 3.65. The Bertz CT molecular complexity index is 619. The van der Waals surface area contributed by atoms with Crippen LogP contribution in [0.5, 0.6) is 0 Å². The lowest BCUT2D eigenvalue weighted by atomic mass is 10.4. The fourth-order valence-corrected chi connectivity index (χ4v) is 1.42. The van der Waals surface area contributed by atoms with E-state index in [4.69, 9.17) is 15.7 Å². The predicted molar refractivity (Wildman–Crippen MR) is 61.5 cm³/mol. The van der Waals surface area contributed by atoms with Gasteiger partial charge in [-0.2, -0.15) is 9.71 Å². The van der Waals surface area contributed by atoms with Crippen LogP contribution in [0.4, 0.5) is 5.95 Å². The lowest BCUT2D eigenvalue weighted by Crippen LogP contribution is -2.29. The Labute approximate surface area is 101 Å². The molecule has 0 aliphatic carbocycles. The molecule has 98 valence electrons. The van der Waals surface area contributed by atoms with Crippen molar-refractivity contribution >= 4 is 17.1 Å². The van der Waals surface area contributed by atoms with Gasteiger partial charge in [-0.25, -0.2) is 4.98 Å². The van der Waals surface area contributed by atoms with Gasteiger partial charge in [0.15, 0.2) is 11.2 Å². The van der Waals surface area contributed by atoms with E-state index in [0.29, 0.717) is 0 Å². The standard InChI is InChI=1S/C9H13N5O4/c1-13-8(17)6-7(12-9(13)10)11-4-14(6)18-5(16)2-3-15/h4-5,15-16H,2-3H2,1H3,(H2,10,12). The van der Waals surface area contributed by atoms with Crippen LogP contribution in [0.3, 0.4) is 0 Å². The lowest BCUT2D eigenvalue weighted by molar-refractivity contribution is -0.110. The molecule has 0 spiro atoms. The van der Waals surface area contributed by atoms with Gasteiger partial charge in [-0.05, 0) is 0 Å². The molecule has 2 aromatic heterocycles. The summed E-state index contributed by atoms with van der Waals surface area (Å²) in [5.41, 5.74) is 5.29. The molecule has 9 nitrogen and oxygen atoms in total. The molecule has 1 atom stereocenters. The number of aliphatic hydroxyl groups is 2. The van der Waals surface area contributed by atoms with Gasteiger partial charge in [-0.3, -0.25) is 9.36 Å². The van der Waals surface area contributed by atoms with Gasteiger partial charge in [-0.1, -0.05) is 0 Å². The Balaban J connectivity index is 2.47. The third-order valence-corrected chi connectivity index (χ3v) is 2.40. The molecule has 2 heterocycles. The van der Waals surface area contributed by atoms with Crippen molar-refractivity contribution in [2.75, 3.05) is 12.3 Å². The number of rotatable bonds is 4. The first-order valence-corrected chi connectivity index (χ1v) is 5.20. The maximum atomic E-state index is 11.9. The largest absolute Gasteiger partial charge is 0.396 e. The molecule has 0 aliphatic rings. The van der Waals surface area contributed by atoms with Crippen molar-refractivity contribution in [2.45, 2.75) is 12.7 Å². The van der Waals surface area contributed by atoms with Crippen LogP contribution in [0.1, 0.15) is 6.42 Å². The minimum absolute atomic E-state index is 0.0163. The first kappa shape index (κ1) is 12.3. The molecule has 0 amide bonds. The first-order chi connectivity index (χ1) is 8.54. The zero-order valence-corrected chi connectivity index (χ0v) is 9.65. The topological polar surface area (TPSA) is 128 Å². The van der Waals surface area contributed by atoms with E-state index in [2.05, 4.69) is 9.97 Å². The molecular weight excluding hydrogens is 242 g/mol. The van der Waals surface area contributed by atoms with Crippen molar-refractivity contribution in [3.63, 3.8) is 0 Å². The molecule has 4 N–H and O–H groups in total. The summed E-state index contributed by atoms with van der Waals surface area (Å²) in [4.78, 5) is 24.7. The maximum Gasteiger partial charge on any atom is 0.284 e. The van der Waals surface area contributed by atoms with Gasteiger partial charge in [0.25, 0.3) is 5.56 Å². The van der Waals surface area contributed by atoms with Crippen LogP contribution >= 0.6 is 0 Å². The highest BCUT2D eigenvalue weighted by Gasteiger charge is 2.15. The zero-order chi connectivity index (χ0) is 13.3. The Hall–Kier alpha value is -2.13. The third-order valence-electron chi connectivity index (χ3n) is 2.40. The Morgan fingerprint density at radius 2 is 2.33 bits per heavy atom. The molecule has 9 heteroatoms. The number of hydrogen-bond donors (Lipinski definition) is 3. The molecule has 0 aliphatic heterocycles. The number of fused-ring (bicyclic) bond motifs is 1. The van der Waals surface area contributed by atoms with E-state index in [1.54, 1.807) is 0 Å². The van der Waals surface area contributed by atoms with Crippen molar-refractivity contribution in [1.29, 1.82) is 0 Å². The van der Waals surface area contributed by atoms with Crippen LogP contribution in [0.2, 0.25) is 0 Å². The number of nitrogens with zero attached hydrogens (tertiary/aromatic N) is 4. The summed E-state index contributed by atoms with van der Waals surface area (Å²) in [6.07, 6.45) is -0.0174. The van der Waals surface area contributed by atoms with Crippen LogP contribution < -0.4 is 16.1 Å². The normalized spacial score (nSPS) is 12.8. The molecular formula is C9H13N5O4. The molecule has 0 radical (unpaired) electrons. The van der Waals surface area contributed by atoms with Gasteiger partial charge in [-0.15, -0.1) is 0 Å². The summed E-state index contributed by atoms with van der Waals surface area (Å²) in [5.74, 6) is 0.0358. The second kappa shape index (κ2) is 4.63. The van der Waals surface area contributed by atoms with Gasteiger partial charge >= 0.3 is 0 Å². The van der Waals surface area contributed by atoms with Crippen LogP contribution in [0.15, 0.2) is 11.1 Å². The van der Waals surface area contributed by atoms with E-state index in [-0.39, 0.29) is 30.1 Å². The Morgan fingerprint density at radius 1 is 1.61 bits per heavy atom. The van der Waals surface area contributed by atoms with Gasteiger partial charge in [0.05, 0.1) is 0 Å². The number of hydrogen-bond acceptors (Lipinski definition) is 7. The highest BCUT2D eigenvalue weighted by atomic mass is 16.7. The molecule has 0 saturated heterocycles. The van der Waals surface area contributed by atoms with Crippen LogP contribution in [0, 0.1) is 0 Å². The fraction of sp³-hybridized carbons (Fsp3) is 0.444. The summed E-state index contributed by atoms with van der Waals surface area (Å²) < 4.78 is 2.16. The summed E-state index contributed by atoms with van der Waals surface area (Å²) in [6, 6.07) is 0. The zero-order valence-electron chi connectivity index (χ0n) is 9.65. The average Bonchev–Trinajstić information content (AvgIpc) is 2.69. The molecule has 0 fully saturated rings. The van der Waals surface area contributed by atoms with E-state index in [0.717, 1.165) is 9.30 Å². The molecule has 2 rings (SSSR count). The SMILES string of the molecule is Cn1c(N)nc2ncn(OC(O)CCO)c2c1=O. The highest BCUT2D eigenvalue weighted by molar-refractivity contribution is 5.70. The number of anilines is 1.